The molecular weight excluding hydrogens is 331 g/mol. The summed E-state index contributed by atoms with van der Waals surface area (Å²) in [6.45, 7) is 2.58. The van der Waals surface area contributed by atoms with Crippen molar-refractivity contribution in [2.24, 2.45) is 0 Å². The smallest absolute Gasteiger partial charge is 0.313 e. The summed E-state index contributed by atoms with van der Waals surface area (Å²) in [5.41, 5.74) is -1.86. The van der Waals surface area contributed by atoms with Gasteiger partial charge in [0.2, 0.25) is 10.0 Å². The molecule has 9 heteroatoms. The lowest BCUT2D eigenvalue weighted by atomic mass is 10.0. The van der Waals surface area contributed by atoms with Crippen LogP contribution in [0.1, 0.15) is 30.9 Å². The van der Waals surface area contributed by atoms with Gasteiger partial charge in [-0.15, -0.1) is 0 Å². The molecule has 2 N–H and O–H groups in total. The summed E-state index contributed by atoms with van der Waals surface area (Å²) >= 11 is 0. The third-order valence-electron chi connectivity index (χ3n) is 3.80. The van der Waals surface area contributed by atoms with Crippen LogP contribution in [-0.2, 0) is 16.2 Å². The van der Waals surface area contributed by atoms with Gasteiger partial charge in [-0.2, -0.15) is 18.4 Å². The number of nitrogens with zero attached hydrogens (tertiary/aromatic N) is 1. The van der Waals surface area contributed by atoms with Crippen molar-refractivity contribution in [1.82, 2.24) is 10.0 Å². The number of nitriles is 1. The van der Waals surface area contributed by atoms with Crippen LogP contribution in [0.5, 0.6) is 0 Å². The predicted octanol–water partition coefficient (Wildman–Crippen LogP) is 2.00. The highest BCUT2D eigenvalue weighted by molar-refractivity contribution is 7.89. The third kappa shape index (κ3) is 4.02. The Morgan fingerprint density at radius 2 is 2.09 bits per heavy atom. The molecule has 23 heavy (non-hydrogen) atoms. The van der Waals surface area contributed by atoms with Crippen molar-refractivity contribution in [1.29, 1.82) is 5.26 Å². The zero-order valence-corrected chi connectivity index (χ0v) is 13.1. The Kier molecular flexibility index (Phi) is 4.98. The Balaban J connectivity index is 2.35. The maximum Gasteiger partial charge on any atom is 0.417 e. The molecule has 1 aromatic rings. The second kappa shape index (κ2) is 6.47. The molecular formula is C14H16F3N3O2S. The highest BCUT2D eigenvalue weighted by Gasteiger charge is 2.35. The summed E-state index contributed by atoms with van der Waals surface area (Å²) in [4.78, 5) is -0.499. The summed E-state index contributed by atoms with van der Waals surface area (Å²) in [6.07, 6.45) is -3.41. The van der Waals surface area contributed by atoms with E-state index in [4.69, 9.17) is 5.26 Å². The lowest BCUT2D eigenvalue weighted by molar-refractivity contribution is -0.137. The van der Waals surface area contributed by atoms with Crippen molar-refractivity contribution in [2.75, 3.05) is 6.54 Å². The van der Waals surface area contributed by atoms with Gasteiger partial charge in [-0.05, 0) is 44.5 Å². The minimum Gasteiger partial charge on any atom is -0.313 e. The van der Waals surface area contributed by atoms with Gasteiger partial charge in [0.05, 0.1) is 22.1 Å². The lowest BCUT2D eigenvalue weighted by Crippen LogP contribution is -2.51. The van der Waals surface area contributed by atoms with Gasteiger partial charge in [0.1, 0.15) is 0 Å². The number of hydrogen-bond acceptors (Lipinski definition) is 4. The van der Waals surface area contributed by atoms with Crippen LogP contribution in [0.25, 0.3) is 0 Å². The summed E-state index contributed by atoms with van der Waals surface area (Å²) in [7, 11) is -4.10. The number of rotatable bonds is 3. The highest BCUT2D eigenvalue weighted by atomic mass is 32.2. The van der Waals surface area contributed by atoms with Crippen molar-refractivity contribution >= 4 is 10.0 Å². The van der Waals surface area contributed by atoms with E-state index in [0.717, 1.165) is 25.1 Å². The maximum atomic E-state index is 12.9. The second-order valence-electron chi connectivity index (χ2n) is 5.43. The van der Waals surface area contributed by atoms with E-state index in [9.17, 15) is 21.6 Å². The predicted molar refractivity (Wildman–Crippen MR) is 77.0 cm³/mol. The van der Waals surface area contributed by atoms with Crippen molar-refractivity contribution in [3.8, 4) is 6.07 Å². The number of hydrogen-bond donors (Lipinski definition) is 2. The number of piperidine rings is 1. The van der Waals surface area contributed by atoms with E-state index in [1.807, 2.05) is 6.92 Å². The molecule has 2 atom stereocenters. The van der Waals surface area contributed by atoms with Crippen LogP contribution < -0.4 is 10.0 Å². The normalized spacial score (nSPS) is 22.6. The van der Waals surface area contributed by atoms with Gasteiger partial charge in [-0.3, -0.25) is 0 Å². The first-order chi connectivity index (χ1) is 10.6. The number of benzene rings is 1. The average Bonchev–Trinajstić information content (AvgIpc) is 2.48. The second-order valence-corrected chi connectivity index (χ2v) is 7.14. The fraction of sp³-hybridized carbons (Fsp3) is 0.500. The Labute approximate surface area is 132 Å². The molecule has 1 aliphatic heterocycles. The Hall–Kier alpha value is -1.63. The first-order valence-electron chi connectivity index (χ1n) is 7.02. The molecule has 126 valence electrons. The van der Waals surface area contributed by atoms with Gasteiger partial charge in [0, 0.05) is 12.1 Å². The molecule has 0 radical (unpaired) electrons. The minimum absolute atomic E-state index is 0.112. The number of sulfonamides is 1. The van der Waals surface area contributed by atoms with E-state index in [-0.39, 0.29) is 6.04 Å². The maximum absolute atomic E-state index is 12.9. The summed E-state index contributed by atoms with van der Waals surface area (Å²) in [5, 5.41) is 11.9. The van der Waals surface area contributed by atoms with Crippen LogP contribution in [0.4, 0.5) is 13.2 Å². The Bertz CT molecular complexity index is 726. The summed E-state index contributed by atoms with van der Waals surface area (Å²) < 4.78 is 66.0. The van der Waals surface area contributed by atoms with Crippen LogP contribution in [-0.4, -0.2) is 27.0 Å². The van der Waals surface area contributed by atoms with Crippen LogP contribution in [0, 0.1) is 11.3 Å². The molecule has 0 saturated carbocycles. The van der Waals surface area contributed by atoms with Gasteiger partial charge in [0.25, 0.3) is 0 Å². The molecule has 1 saturated heterocycles. The summed E-state index contributed by atoms with van der Waals surface area (Å²) in [5.74, 6) is 0. The van der Waals surface area contributed by atoms with Gasteiger partial charge in [-0.1, -0.05) is 0 Å². The fourth-order valence-electron chi connectivity index (χ4n) is 2.49. The van der Waals surface area contributed by atoms with Crippen LogP contribution in [0.15, 0.2) is 23.1 Å². The zero-order chi connectivity index (χ0) is 17.3. The molecule has 1 aromatic carbocycles. The van der Waals surface area contributed by atoms with Gasteiger partial charge >= 0.3 is 6.18 Å². The van der Waals surface area contributed by atoms with Crippen molar-refractivity contribution in [3.63, 3.8) is 0 Å². The molecule has 2 rings (SSSR count). The highest BCUT2D eigenvalue weighted by Crippen LogP contribution is 2.33. The lowest BCUT2D eigenvalue weighted by Gasteiger charge is -2.30. The first-order valence-corrected chi connectivity index (χ1v) is 8.50. The molecule has 0 amide bonds. The Morgan fingerprint density at radius 3 is 2.65 bits per heavy atom. The standard InChI is InChI=1S/C14H16F3N3O2S/c1-9-13(3-2-6-19-9)20-23(21,22)11-5-4-10(8-18)12(7-11)14(15,16)17/h4-5,7,9,13,19-20H,2-3,6H2,1H3. The molecule has 2 unspecified atom stereocenters. The third-order valence-corrected chi connectivity index (χ3v) is 5.28. The molecule has 1 fully saturated rings. The van der Waals surface area contributed by atoms with E-state index in [1.165, 1.54) is 6.07 Å². The van der Waals surface area contributed by atoms with E-state index in [2.05, 4.69) is 10.0 Å². The SMILES string of the molecule is CC1NCCCC1NS(=O)(=O)c1ccc(C#N)c(C(F)(F)F)c1. The summed E-state index contributed by atoms with van der Waals surface area (Å²) in [6, 6.07) is 3.31. The molecule has 1 aliphatic rings. The number of nitrogens with one attached hydrogen (secondary N) is 2. The van der Waals surface area contributed by atoms with Gasteiger partial charge < -0.3 is 5.32 Å². The van der Waals surface area contributed by atoms with Crippen LogP contribution in [0.3, 0.4) is 0 Å². The van der Waals surface area contributed by atoms with E-state index in [1.54, 1.807) is 0 Å². The molecule has 1 heterocycles. The van der Waals surface area contributed by atoms with Crippen LogP contribution >= 0.6 is 0 Å². The largest absolute Gasteiger partial charge is 0.417 e. The monoisotopic (exact) mass is 347 g/mol. The molecule has 0 bridgehead atoms. The van der Waals surface area contributed by atoms with E-state index < -0.39 is 38.3 Å². The minimum atomic E-state index is -4.80. The zero-order valence-electron chi connectivity index (χ0n) is 12.3. The van der Waals surface area contributed by atoms with Crippen molar-refractivity contribution < 1.29 is 21.6 Å². The number of alkyl halides is 3. The first kappa shape index (κ1) is 17.7. The van der Waals surface area contributed by atoms with Gasteiger partial charge in [0.15, 0.2) is 0 Å². The molecule has 0 aromatic heterocycles. The van der Waals surface area contributed by atoms with Crippen LogP contribution in [0.2, 0.25) is 0 Å². The average molecular weight is 347 g/mol. The van der Waals surface area contributed by atoms with E-state index >= 15 is 0 Å². The molecule has 5 nitrogen and oxygen atoms in total. The fourth-order valence-corrected chi connectivity index (χ4v) is 3.87. The van der Waals surface area contributed by atoms with Crippen molar-refractivity contribution in [2.45, 2.75) is 42.9 Å². The number of halogens is 3. The topological polar surface area (TPSA) is 82.0 Å². The molecule has 0 spiro atoms. The van der Waals surface area contributed by atoms with Gasteiger partial charge in [-0.25, -0.2) is 13.1 Å². The quantitative estimate of drug-likeness (QED) is 0.876. The Morgan fingerprint density at radius 1 is 1.39 bits per heavy atom. The van der Waals surface area contributed by atoms with E-state index in [0.29, 0.717) is 12.5 Å². The van der Waals surface area contributed by atoms with Crippen molar-refractivity contribution in [3.05, 3.63) is 29.3 Å². The molecule has 0 aliphatic carbocycles.